The Kier molecular flexibility index (Phi) is 6.29. The highest BCUT2D eigenvalue weighted by molar-refractivity contribution is 5.33. The van der Waals surface area contributed by atoms with E-state index in [2.05, 4.69) is 33.0 Å². The second-order valence-electron chi connectivity index (χ2n) is 5.68. The molecule has 2 nitrogen and oxygen atoms in total. The van der Waals surface area contributed by atoms with Gasteiger partial charge in [0, 0.05) is 0 Å². The molecular formula is C16H26FNO. The first-order valence-electron chi connectivity index (χ1n) is 7.00. The van der Waals surface area contributed by atoms with E-state index in [0.29, 0.717) is 17.6 Å². The quantitative estimate of drug-likeness (QED) is 0.811. The fourth-order valence-corrected chi connectivity index (χ4v) is 2.12. The van der Waals surface area contributed by atoms with Crippen molar-refractivity contribution in [1.29, 1.82) is 0 Å². The molecule has 0 aliphatic rings. The summed E-state index contributed by atoms with van der Waals surface area (Å²) in [6.07, 6.45) is 0. The van der Waals surface area contributed by atoms with Crippen LogP contribution in [-0.4, -0.2) is 20.2 Å². The van der Waals surface area contributed by atoms with E-state index in [-0.39, 0.29) is 11.7 Å². The number of benzene rings is 1. The average molecular weight is 267 g/mol. The highest BCUT2D eigenvalue weighted by atomic mass is 19.1. The summed E-state index contributed by atoms with van der Waals surface area (Å²) >= 11 is 0. The van der Waals surface area contributed by atoms with Crippen LogP contribution in [-0.2, 0) is 0 Å². The molecule has 0 saturated heterocycles. The van der Waals surface area contributed by atoms with Crippen molar-refractivity contribution in [1.82, 2.24) is 5.32 Å². The third-order valence-corrected chi connectivity index (χ3v) is 3.58. The molecule has 108 valence electrons. The van der Waals surface area contributed by atoms with Gasteiger partial charge >= 0.3 is 0 Å². The van der Waals surface area contributed by atoms with Crippen LogP contribution in [0.1, 0.15) is 39.2 Å². The summed E-state index contributed by atoms with van der Waals surface area (Å²) in [5, 5.41) is 3.43. The second kappa shape index (κ2) is 7.49. The fraction of sp³-hybridized carbons (Fsp3) is 0.625. The van der Waals surface area contributed by atoms with Gasteiger partial charge in [-0.05, 0) is 42.5 Å². The molecule has 0 aliphatic heterocycles. The first kappa shape index (κ1) is 16.0. The maximum absolute atomic E-state index is 14.2. The predicted molar refractivity (Wildman–Crippen MR) is 78.2 cm³/mol. The molecule has 0 saturated carbocycles. The number of rotatable bonds is 7. The lowest BCUT2D eigenvalue weighted by atomic mass is 9.88. The number of ether oxygens (including phenoxy) is 1. The van der Waals surface area contributed by atoms with Gasteiger partial charge in [0.15, 0.2) is 11.6 Å². The fourth-order valence-electron chi connectivity index (χ4n) is 2.12. The molecule has 1 aromatic rings. The Morgan fingerprint density at radius 1 is 1.16 bits per heavy atom. The van der Waals surface area contributed by atoms with Gasteiger partial charge in [-0.1, -0.05) is 39.8 Å². The summed E-state index contributed by atoms with van der Waals surface area (Å²) in [4.78, 5) is 0. The van der Waals surface area contributed by atoms with Gasteiger partial charge in [-0.2, -0.15) is 0 Å². The topological polar surface area (TPSA) is 21.3 Å². The van der Waals surface area contributed by atoms with Gasteiger partial charge in [0.1, 0.15) is 0 Å². The first-order valence-corrected chi connectivity index (χ1v) is 7.00. The van der Waals surface area contributed by atoms with Crippen LogP contribution in [0.4, 0.5) is 4.39 Å². The highest BCUT2D eigenvalue weighted by Crippen LogP contribution is 2.30. The Bertz CT molecular complexity index is 392. The van der Waals surface area contributed by atoms with E-state index < -0.39 is 0 Å². The van der Waals surface area contributed by atoms with E-state index in [1.54, 1.807) is 6.07 Å². The largest absolute Gasteiger partial charge is 0.494 e. The molecule has 1 aromatic carbocycles. The summed E-state index contributed by atoms with van der Waals surface area (Å²) in [5.74, 6) is 1.27. The van der Waals surface area contributed by atoms with Gasteiger partial charge < -0.3 is 10.1 Å². The van der Waals surface area contributed by atoms with Crippen molar-refractivity contribution in [2.45, 2.75) is 33.6 Å². The van der Waals surface area contributed by atoms with Crippen molar-refractivity contribution in [2.24, 2.45) is 11.8 Å². The van der Waals surface area contributed by atoms with Gasteiger partial charge in [0.05, 0.1) is 7.11 Å². The smallest absolute Gasteiger partial charge is 0.168 e. The summed E-state index contributed by atoms with van der Waals surface area (Å²) < 4.78 is 19.2. The van der Waals surface area contributed by atoms with Crippen LogP contribution in [0.5, 0.6) is 5.75 Å². The average Bonchev–Trinajstić information content (AvgIpc) is 2.37. The molecule has 0 radical (unpaired) electrons. The van der Waals surface area contributed by atoms with Gasteiger partial charge in [-0.3, -0.25) is 0 Å². The van der Waals surface area contributed by atoms with Crippen molar-refractivity contribution in [2.75, 3.05) is 20.2 Å². The standard InChI is InChI=1S/C16H26FNO/c1-11(2)9-18-10-12(3)13(4)14-7-6-8-15(19-5)16(14)17/h6-8,11-13,18H,9-10H2,1-5H3. The monoisotopic (exact) mass is 267 g/mol. The van der Waals surface area contributed by atoms with Crippen molar-refractivity contribution in [3.8, 4) is 5.75 Å². The number of hydrogen-bond donors (Lipinski definition) is 1. The van der Waals surface area contributed by atoms with E-state index in [1.807, 2.05) is 12.1 Å². The Morgan fingerprint density at radius 3 is 2.42 bits per heavy atom. The van der Waals surface area contributed by atoms with E-state index in [9.17, 15) is 4.39 Å². The Morgan fingerprint density at radius 2 is 1.84 bits per heavy atom. The van der Waals surface area contributed by atoms with Crippen LogP contribution in [0, 0.1) is 17.7 Å². The van der Waals surface area contributed by atoms with Crippen molar-refractivity contribution in [3.63, 3.8) is 0 Å². The zero-order valence-corrected chi connectivity index (χ0v) is 12.7. The number of methoxy groups -OCH3 is 1. The van der Waals surface area contributed by atoms with Crippen LogP contribution in [0.15, 0.2) is 18.2 Å². The zero-order valence-electron chi connectivity index (χ0n) is 12.7. The van der Waals surface area contributed by atoms with Gasteiger partial charge in [-0.15, -0.1) is 0 Å². The van der Waals surface area contributed by atoms with Crippen LogP contribution >= 0.6 is 0 Å². The van der Waals surface area contributed by atoms with Crippen LogP contribution in [0.25, 0.3) is 0 Å². The lowest BCUT2D eigenvalue weighted by Crippen LogP contribution is -2.27. The SMILES string of the molecule is COc1cccc(C(C)C(C)CNCC(C)C)c1F. The molecule has 0 fully saturated rings. The maximum atomic E-state index is 14.2. The van der Waals surface area contributed by atoms with Gasteiger partial charge in [-0.25, -0.2) is 4.39 Å². The molecule has 0 aliphatic carbocycles. The maximum Gasteiger partial charge on any atom is 0.168 e. The molecule has 1 N–H and O–H groups in total. The lowest BCUT2D eigenvalue weighted by Gasteiger charge is -2.22. The molecule has 0 bridgehead atoms. The van der Waals surface area contributed by atoms with E-state index >= 15 is 0 Å². The number of nitrogens with one attached hydrogen (secondary N) is 1. The van der Waals surface area contributed by atoms with Crippen LogP contribution in [0.2, 0.25) is 0 Å². The molecule has 19 heavy (non-hydrogen) atoms. The summed E-state index contributed by atoms with van der Waals surface area (Å²) in [5.41, 5.74) is 0.734. The molecule has 0 heterocycles. The van der Waals surface area contributed by atoms with Gasteiger partial charge in [0.2, 0.25) is 0 Å². The third kappa shape index (κ3) is 4.50. The minimum Gasteiger partial charge on any atom is -0.494 e. The molecule has 0 spiro atoms. The van der Waals surface area contributed by atoms with E-state index in [4.69, 9.17) is 4.74 Å². The predicted octanol–water partition coefficient (Wildman–Crippen LogP) is 3.82. The van der Waals surface area contributed by atoms with Crippen molar-refractivity contribution in [3.05, 3.63) is 29.6 Å². The molecule has 1 rings (SSSR count). The molecule has 0 amide bonds. The molecule has 2 unspecified atom stereocenters. The van der Waals surface area contributed by atoms with Gasteiger partial charge in [0.25, 0.3) is 0 Å². The van der Waals surface area contributed by atoms with Crippen LogP contribution in [0.3, 0.4) is 0 Å². The van der Waals surface area contributed by atoms with Crippen molar-refractivity contribution >= 4 is 0 Å². The molecule has 0 aromatic heterocycles. The second-order valence-corrected chi connectivity index (χ2v) is 5.68. The summed E-state index contributed by atoms with van der Waals surface area (Å²) in [6, 6.07) is 5.36. The minimum absolute atomic E-state index is 0.162. The molecular weight excluding hydrogens is 241 g/mol. The summed E-state index contributed by atoms with van der Waals surface area (Å²) in [7, 11) is 1.50. The minimum atomic E-state index is -0.229. The van der Waals surface area contributed by atoms with Crippen molar-refractivity contribution < 1.29 is 9.13 Å². The Labute approximate surface area is 116 Å². The Hall–Kier alpha value is -1.09. The lowest BCUT2D eigenvalue weighted by molar-refractivity contribution is 0.374. The number of halogens is 1. The normalized spacial score (nSPS) is 14.5. The first-order chi connectivity index (χ1) is 8.97. The highest BCUT2D eigenvalue weighted by Gasteiger charge is 2.19. The Balaban J connectivity index is 2.68. The van der Waals surface area contributed by atoms with Crippen LogP contribution < -0.4 is 10.1 Å². The molecule has 2 atom stereocenters. The third-order valence-electron chi connectivity index (χ3n) is 3.58. The molecule has 3 heteroatoms. The van der Waals surface area contributed by atoms with E-state index in [0.717, 1.165) is 18.7 Å². The number of hydrogen-bond acceptors (Lipinski definition) is 2. The van der Waals surface area contributed by atoms with E-state index in [1.165, 1.54) is 7.11 Å². The summed E-state index contributed by atoms with van der Waals surface area (Å²) in [6.45, 7) is 10.5. The zero-order chi connectivity index (χ0) is 14.4.